The van der Waals surface area contributed by atoms with E-state index in [1.165, 1.54) is 83.8 Å². The lowest BCUT2D eigenvalue weighted by molar-refractivity contribution is 0.611. The third kappa shape index (κ3) is 9.84. The number of hydrogen-bond donors (Lipinski definition) is 3. The maximum atomic E-state index is 6.19. The van der Waals surface area contributed by atoms with Crippen LogP contribution in [0, 0.1) is 6.92 Å². The second-order valence-corrected chi connectivity index (χ2v) is 19.8. The van der Waals surface area contributed by atoms with Crippen LogP contribution in [0.1, 0.15) is 111 Å². The minimum absolute atomic E-state index is 0.736. The Labute approximate surface area is 404 Å². The molecule has 336 valence electrons. The van der Waals surface area contributed by atoms with Gasteiger partial charge in [-0.25, -0.2) is 0 Å². The standard InChI is InChI=1S/C20H22N2.C19H19BrN2.C19H19ClN2/c1-14-6-7-17-9-8-15-4-2-3-5-18(15)19(20(17)22-14)16-10-12-21-13-11-16;2*20-16-11-15-6-5-13-3-1-2-4-17(13)18(19(15)22-12-16)14-7-9-21-10-8-14/h2-7,21H,8-13H2,1H3;2*1-4,11-12,21H,5-10H2. The second-order valence-electron chi connectivity index (χ2n) is 18.4. The average Bonchev–Trinajstić information content (AvgIpc) is 3.72. The predicted molar refractivity (Wildman–Crippen MR) is 276 cm³/mol. The van der Waals surface area contributed by atoms with Gasteiger partial charge < -0.3 is 16.0 Å². The molecule has 0 bridgehead atoms. The molecule has 0 saturated carbocycles. The fourth-order valence-electron chi connectivity index (χ4n) is 10.9. The van der Waals surface area contributed by atoms with Crippen molar-refractivity contribution in [2.75, 3.05) is 39.3 Å². The highest BCUT2D eigenvalue weighted by Gasteiger charge is 2.26. The zero-order valence-corrected chi connectivity index (χ0v) is 40.6. The maximum Gasteiger partial charge on any atom is 0.0742 e. The van der Waals surface area contributed by atoms with E-state index >= 15 is 0 Å². The van der Waals surface area contributed by atoms with Crippen LogP contribution in [-0.4, -0.2) is 54.2 Å². The quantitative estimate of drug-likeness (QED) is 0.141. The van der Waals surface area contributed by atoms with Gasteiger partial charge in [0.05, 0.1) is 22.1 Å². The Morgan fingerprint density at radius 3 is 1.30 bits per heavy atom. The van der Waals surface area contributed by atoms with Crippen molar-refractivity contribution in [3.05, 3.63) is 209 Å². The van der Waals surface area contributed by atoms with E-state index in [2.05, 4.69) is 136 Å². The summed E-state index contributed by atoms with van der Waals surface area (Å²) in [5.74, 6) is 0. The van der Waals surface area contributed by atoms with Crippen LogP contribution in [0.3, 0.4) is 0 Å². The van der Waals surface area contributed by atoms with Gasteiger partial charge in [-0.15, -0.1) is 0 Å². The van der Waals surface area contributed by atoms with Crippen LogP contribution in [0.5, 0.6) is 0 Å². The summed E-state index contributed by atoms with van der Waals surface area (Å²) in [6.45, 7) is 8.54. The van der Waals surface area contributed by atoms with Crippen LogP contribution in [0.15, 0.2) is 131 Å². The molecule has 3 aromatic heterocycles. The first kappa shape index (κ1) is 44.8. The fourth-order valence-corrected chi connectivity index (χ4v) is 11.5. The lowest BCUT2D eigenvalue weighted by Crippen LogP contribution is -2.24. The number of halogens is 2. The highest BCUT2D eigenvalue weighted by atomic mass is 79.9. The van der Waals surface area contributed by atoms with Crippen LogP contribution in [0.25, 0.3) is 16.7 Å². The summed E-state index contributed by atoms with van der Waals surface area (Å²) < 4.78 is 1.08. The molecule has 3 saturated heterocycles. The van der Waals surface area contributed by atoms with E-state index in [9.17, 15) is 0 Å². The minimum atomic E-state index is 0.736. The molecular formula is C58H60BrClN6. The number of nitrogens with one attached hydrogen (secondary N) is 3. The van der Waals surface area contributed by atoms with Crippen LogP contribution in [0.2, 0.25) is 5.02 Å². The fraction of sp³-hybridized carbons (Fsp3) is 0.328. The molecule has 3 aromatic carbocycles. The molecule has 3 aliphatic heterocycles. The third-order valence-corrected chi connectivity index (χ3v) is 14.9. The third-order valence-electron chi connectivity index (χ3n) is 14.2. The van der Waals surface area contributed by atoms with Crippen molar-refractivity contribution >= 4 is 44.3 Å². The molecule has 3 fully saturated rings. The lowest BCUT2D eigenvalue weighted by Gasteiger charge is -2.22. The summed E-state index contributed by atoms with van der Waals surface area (Å²) in [6, 6.07) is 35.3. The van der Waals surface area contributed by atoms with Crippen LogP contribution >= 0.6 is 27.5 Å². The Bertz CT molecular complexity index is 2700. The molecule has 8 heteroatoms. The Hall–Kier alpha value is -5.02. The van der Waals surface area contributed by atoms with E-state index in [0.717, 1.165) is 137 Å². The van der Waals surface area contributed by atoms with Gasteiger partial charge in [0, 0.05) is 39.3 Å². The molecule has 0 atom stereocenters. The number of aromatic nitrogens is 3. The van der Waals surface area contributed by atoms with Crippen molar-refractivity contribution in [2.45, 2.75) is 84.0 Å². The van der Waals surface area contributed by atoms with E-state index in [1.807, 2.05) is 6.20 Å². The monoisotopic (exact) mass is 954 g/mol. The summed E-state index contributed by atoms with van der Waals surface area (Å²) in [6.07, 6.45) is 16.9. The van der Waals surface area contributed by atoms with Gasteiger partial charge in [0.15, 0.2) is 0 Å². The zero-order valence-electron chi connectivity index (χ0n) is 38.2. The lowest BCUT2D eigenvalue weighted by atomic mass is 9.89. The van der Waals surface area contributed by atoms with E-state index in [-0.39, 0.29) is 0 Å². The number of piperidine rings is 3. The summed E-state index contributed by atoms with van der Waals surface area (Å²) in [7, 11) is 0. The van der Waals surface area contributed by atoms with Gasteiger partial charge in [-0.2, -0.15) is 0 Å². The molecule has 6 nitrogen and oxygen atoms in total. The number of nitrogens with zero attached hydrogens (tertiary/aromatic N) is 3. The van der Waals surface area contributed by atoms with Crippen molar-refractivity contribution in [2.24, 2.45) is 0 Å². The number of pyridine rings is 3. The van der Waals surface area contributed by atoms with Crippen LogP contribution in [-0.2, 0) is 38.5 Å². The van der Waals surface area contributed by atoms with Crippen molar-refractivity contribution in [1.29, 1.82) is 0 Å². The molecule has 3 aliphatic carbocycles. The zero-order chi connectivity index (χ0) is 44.8. The van der Waals surface area contributed by atoms with E-state index in [1.54, 1.807) is 17.3 Å². The SMILES string of the molecule is Brc1cnc2c(c1)CCc1ccccc1C2=C1CCNCC1.Cc1ccc2c(n1)C(=C1CCNCC1)c1ccccc1CC2.Clc1cnc2c(c1)CCc1ccccc1C2=C1CCNCC1. The second kappa shape index (κ2) is 20.9. The van der Waals surface area contributed by atoms with Gasteiger partial charge in [0.25, 0.3) is 0 Å². The minimum Gasteiger partial charge on any atom is -0.316 e. The first-order valence-corrected chi connectivity index (χ1v) is 25.4. The Balaban J connectivity index is 0.000000116. The first-order valence-electron chi connectivity index (χ1n) is 24.3. The smallest absolute Gasteiger partial charge is 0.0742 e. The number of fused-ring (bicyclic) bond motifs is 6. The van der Waals surface area contributed by atoms with Crippen molar-refractivity contribution < 1.29 is 0 Å². The van der Waals surface area contributed by atoms with E-state index in [4.69, 9.17) is 26.6 Å². The summed E-state index contributed by atoms with van der Waals surface area (Å²) in [5, 5.41) is 11.1. The van der Waals surface area contributed by atoms with Gasteiger partial charge in [-0.3, -0.25) is 15.0 Å². The Kier molecular flexibility index (Phi) is 14.2. The average molecular weight is 957 g/mol. The Morgan fingerprint density at radius 1 is 0.424 bits per heavy atom. The highest BCUT2D eigenvalue weighted by Crippen LogP contribution is 2.40. The number of aryl methyl sites for hydroxylation is 7. The molecule has 0 amide bonds. The van der Waals surface area contributed by atoms with E-state index < -0.39 is 0 Å². The molecule has 0 spiro atoms. The highest BCUT2D eigenvalue weighted by molar-refractivity contribution is 9.10. The number of benzene rings is 3. The predicted octanol–water partition coefficient (Wildman–Crippen LogP) is 11.8. The number of rotatable bonds is 0. The maximum absolute atomic E-state index is 6.19. The molecule has 6 aliphatic rings. The number of hydrogen-bond acceptors (Lipinski definition) is 6. The van der Waals surface area contributed by atoms with E-state index in [0.29, 0.717) is 0 Å². The molecule has 66 heavy (non-hydrogen) atoms. The summed E-state index contributed by atoms with van der Waals surface area (Å²) >= 11 is 9.76. The first-order chi connectivity index (χ1) is 32.5. The van der Waals surface area contributed by atoms with Crippen LogP contribution in [0.4, 0.5) is 0 Å². The topological polar surface area (TPSA) is 74.8 Å². The van der Waals surface area contributed by atoms with Gasteiger partial charge in [0.2, 0.25) is 0 Å². The summed E-state index contributed by atoms with van der Waals surface area (Å²) in [5.41, 5.74) is 26.1. The molecule has 3 N–H and O–H groups in total. The van der Waals surface area contributed by atoms with Crippen molar-refractivity contribution in [1.82, 2.24) is 30.9 Å². The molecule has 0 unspecified atom stereocenters. The molecule has 6 heterocycles. The molecule has 6 aromatic rings. The van der Waals surface area contributed by atoms with Crippen LogP contribution < -0.4 is 16.0 Å². The van der Waals surface area contributed by atoms with Gasteiger partial charge >= 0.3 is 0 Å². The van der Waals surface area contributed by atoms with Gasteiger partial charge in [0.1, 0.15) is 0 Å². The summed E-state index contributed by atoms with van der Waals surface area (Å²) in [4.78, 5) is 14.5. The van der Waals surface area contributed by atoms with Crippen molar-refractivity contribution in [3.8, 4) is 0 Å². The van der Waals surface area contributed by atoms with Gasteiger partial charge in [-0.1, -0.05) is 107 Å². The Morgan fingerprint density at radius 2 is 0.818 bits per heavy atom. The van der Waals surface area contributed by atoms with Crippen molar-refractivity contribution in [3.63, 3.8) is 0 Å². The largest absolute Gasteiger partial charge is 0.316 e. The molecule has 12 rings (SSSR count). The molecule has 0 radical (unpaired) electrons. The molecular weight excluding hydrogens is 896 g/mol. The van der Waals surface area contributed by atoms with Gasteiger partial charge in [-0.05, 0) is 207 Å². The normalized spacial score (nSPS) is 17.7.